The molecule has 100 valence electrons. The van der Waals surface area contributed by atoms with E-state index in [9.17, 15) is 0 Å². The van der Waals surface area contributed by atoms with Crippen molar-refractivity contribution in [3.63, 3.8) is 0 Å². The van der Waals surface area contributed by atoms with Crippen molar-refractivity contribution in [3.05, 3.63) is 38.0 Å². The Labute approximate surface area is 103 Å². The molecule has 0 bridgehead atoms. The normalized spacial score (nSPS) is 8.69. The smallest absolute Gasteiger partial charge is 0.0810 e. The van der Waals surface area contributed by atoms with Gasteiger partial charge in [-0.2, -0.15) is 0 Å². The van der Waals surface area contributed by atoms with Gasteiger partial charge in [-0.25, -0.2) is 0 Å². The first kappa shape index (κ1) is 24.6. The Morgan fingerprint density at radius 2 is 1.06 bits per heavy atom. The van der Waals surface area contributed by atoms with Gasteiger partial charge in [0.1, 0.15) is 0 Å². The summed E-state index contributed by atoms with van der Waals surface area (Å²) < 4.78 is 24.6. The number of hydrogen-bond donors (Lipinski definition) is 3. The van der Waals surface area contributed by atoms with Crippen LogP contribution in [0.1, 0.15) is 34.1 Å². The lowest BCUT2D eigenvalue weighted by Gasteiger charge is -2.16. The molecule has 0 aliphatic heterocycles. The van der Waals surface area contributed by atoms with Crippen molar-refractivity contribution >= 4 is 10.9 Å². The van der Waals surface area contributed by atoms with Crippen LogP contribution in [0.4, 0.5) is 0 Å². The molecule has 0 spiro atoms. The molecule has 4 heteroatoms. The third-order valence-electron chi connectivity index (χ3n) is 0.478. The summed E-state index contributed by atoms with van der Waals surface area (Å²) in [7, 11) is -3.17. The van der Waals surface area contributed by atoms with Crippen LogP contribution in [0.2, 0.25) is 0 Å². The van der Waals surface area contributed by atoms with Gasteiger partial charge in [0.15, 0.2) is 0 Å². The van der Waals surface area contributed by atoms with Gasteiger partial charge in [0, 0.05) is 5.75 Å². The van der Waals surface area contributed by atoms with E-state index in [0.717, 1.165) is 0 Å². The first-order valence-corrected chi connectivity index (χ1v) is 6.67. The zero-order valence-electron chi connectivity index (χ0n) is 11.0. The van der Waals surface area contributed by atoms with Gasteiger partial charge in [-0.15, -0.1) is 19.7 Å². The summed E-state index contributed by atoms with van der Waals surface area (Å²) in [6, 6.07) is 0. The maximum absolute atomic E-state index is 8.21. The largest absolute Gasteiger partial charge is 0.308 e. The maximum Gasteiger partial charge on any atom is 0.0810 e. The van der Waals surface area contributed by atoms with Crippen LogP contribution in [-0.4, -0.2) is 19.4 Å². The van der Waals surface area contributed by atoms with Crippen molar-refractivity contribution < 1.29 is 13.7 Å². The van der Waals surface area contributed by atoms with Gasteiger partial charge in [-0.1, -0.05) is 25.2 Å². The molecule has 0 saturated carbocycles. The Morgan fingerprint density at radius 1 is 0.875 bits per heavy atom. The number of rotatable bonds is 2. The van der Waals surface area contributed by atoms with Gasteiger partial charge in [0.25, 0.3) is 0 Å². The molecule has 0 saturated heterocycles. The second kappa shape index (κ2) is 23.9. The lowest BCUT2D eigenvalue weighted by atomic mass is 10.6. The van der Waals surface area contributed by atoms with Gasteiger partial charge < -0.3 is 13.7 Å². The van der Waals surface area contributed by atoms with Gasteiger partial charge in [0.05, 0.1) is 10.9 Å². The highest BCUT2D eigenvalue weighted by Crippen LogP contribution is 2.32. The van der Waals surface area contributed by atoms with Crippen molar-refractivity contribution in [3.8, 4) is 0 Å². The molecule has 0 rings (SSSR count). The molecule has 0 aromatic heterocycles. The van der Waals surface area contributed by atoms with E-state index in [1.807, 2.05) is 20.8 Å². The van der Waals surface area contributed by atoms with Gasteiger partial charge in [-0.3, -0.25) is 0 Å². The SMILES string of the molecule is C=CC.C=CC.C=CC.CCCS(O)(O)O. The molecule has 0 atom stereocenters. The fourth-order valence-electron chi connectivity index (χ4n) is 0.274. The summed E-state index contributed by atoms with van der Waals surface area (Å²) in [5.74, 6) is 0.0903. The molecule has 0 unspecified atom stereocenters. The highest BCUT2D eigenvalue weighted by Gasteiger charge is 2.06. The molecule has 0 radical (unpaired) electrons. The van der Waals surface area contributed by atoms with E-state index in [1.54, 1.807) is 25.2 Å². The first-order valence-electron chi connectivity index (χ1n) is 5.00. The Kier molecular flexibility index (Phi) is 36.8. The molecule has 0 aromatic rings. The third kappa shape index (κ3) is 175. The summed E-state index contributed by atoms with van der Waals surface area (Å²) in [6.07, 6.45) is 5.85. The highest BCUT2D eigenvalue weighted by atomic mass is 32.3. The van der Waals surface area contributed by atoms with Gasteiger partial charge in [0.2, 0.25) is 0 Å². The molecule has 0 aliphatic rings. The van der Waals surface area contributed by atoms with Gasteiger partial charge >= 0.3 is 0 Å². The summed E-state index contributed by atoms with van der Waals surface area (Å²) in [6.45, 7) is 17.5. The zero-order chi connectivity index (χ0) is 14.0. The van der Waals surface area contributed by atoms with Crippen LogP contribution in [0, 0.1) is 0 Å². The van der Waals surface area contributed by atoms with Crippen molar-refractivity contribution in [1.82, 2.24) is 0 Å². The lowest BCUT2D eigenvalue weighted by molar-refractivity contribution is 0.375. The quantitative estimate of drug-likeness (QED) is 0.592. The fraction of sp³-hybridized carbons (Fsp3) is 0.500. The van der Waals surface area contributed by atoms with Crippen molar-refractivity contribution in [2.24, 2.45) is 0 Å². The minimum Gasteiger partial charge on any atom is -0.308 e. The molecular weight excluding hydrogens is 224 g/mol. The summed E-state index contributed by atoms with van der Waals surface area (Å²) >= 11 is 0. The van der Waals surface area contributed by atoms with E-state index in [0.29, 0.717) is 6.42 Å². The van der Waals surface area contributed by atoms with Crippen LogP contribution < -0.4 is 0 Å². The van der Waals surface area contributed by atoms with E-state index in [-0.39, 0.29) is 5.75 Å². The highest BCUT2D eigenvalue weighted by molar-refractivity contribution is 8.19. The molecule has 0 aliphatic carbocycles. The summed E-state index contributed by atoms with van der Waals surface area (Å²) in [5, 5.41) is 0. The maximum atomic E-state index is 8.21. The Morgan fingerprint density at radius 3 is 1.06 bits per heavy atom. The second-order valence-corrected chi connectivity index (χ2v) is 4.23. The monoisotopic (exact) mass is 252 g/mol. The molecule has 0 aromatic carbocycles. The molecule has 3 N–H and O–H groups in total. The number of hydrogen-bond acceptors (Lipinski definition) is 3. The Balaban J connectivity index is -0.0000000677. The van der Waals surface area contributed by atoms with E-state index >= 15 is 0 Å². The number of allylic oxidation sites excluding steroid dienone is 3. The average Bonchev–Trinajstić information content (AvgIpc) is 2.05. The summed E-state index contributed by atoms with van der Waals surface area (Å²) in [4.78, 5) is 0. The minimum absolute atomic E-state index is 0.0903. The molecular formula is C12H28O3S. The van der Waals surface area contributed by atoms with Crippen LogP contribution in [0.5, 0.6) is 0 Å². The van der Waals surface area contributed by atoms with Crippen LogP contribution >= 0.6 is 10.9 Å². The molecule has 0 heterocycles. The molecule has 3 nitrogen and oxygen atoms in total. The van der Waals surface area contributed by atoms with E-state index in [4.69, 9.17) is 13.7 Å². The fourth-order valence-corrected chi connectivity index (χ4v) is 0.822. The Hall–Kier alpha value is -0.550. The van der Waals surface area contributed by atoms with E-state index in [2.05, 4.69) is 19.7 Å². The van der Waals surface area contributed by atoms with Crippen LogP contribution in [0.15, 0.2) is 38.0 Å². The van der Waals surface area contributed by atoms with Crippen LogP contribution in [0.25, 0.3) is 0 Å². The van der Waals surface area contributed by atoms with Crippen LogP contribution in [-0.2, 0) is 0 Å². The van der Waals surface area contributed by atoms with Crippen molar-refractivity contribution in [2.45, 2.75) is 34.1 Å². The standard InChI is InChI=1S/C3H10O3S.3C3H6/c1-2-3-7(4,5)6;3*1-3-2/h4-6H,2-3H2,1H3;3*3H,1H2,2H3. The third-order valence-corrected chi connectivity index (χ3v) is 1.43. The zero-order valence-corrected chi connectivity index (χ0v) is 11.8. The molecule has 16 heavy (non-hydrogen) atoms. The summed E-state index contributed by atoms with van der Waals surface area (Å²) in [5.41, 5.74) is 0. The first-order chi connectivity index (χ1) is 7.30. The minimum atomic E-state index is -3.17. The van der Waals surface area contributed by atoms with E-state index in [1.165, 1.54) is 0 Å². The predicted octanol–water partition coefficient (Wildman–Crippen LogP) is 5.20. The molecule has 0 amide bonds. The van der Waals surface area contributed by atoms with Crippen molar-refractivity contribution in [1.29, 1.82) is 0 Å². The van der Waals surface area contributed by atoms with Crippen LogP contribution in [0.3, 0.4) is 0 Å². The van der Waals surface area contributed by atoms with Crippen molar-refractivity contribution in [2.75, 3.05) is 5.75 Å². The lowest BCUT2D eigenvalue weighted by Crippen LogP contribution is -1.98. The second-order valence-electron chi connectivity index (χ2n) is 2.56. The topological polar surface area (TPSA) is 60.7 Å². The van der Waals surface area contributed by atoms with E-state index < -0.39 is 10.9 Å². The predicted molar refractivity (Wildman–Crippen MR) is 78.2 cm³/mol. The van der Waals surface area contributed by atoms with Gasteiger partial charge in [-0.05, 0) is 27.2 Å². The molecule has 0 fully saturated rings. The Bertz CT molecular complexity index is 125. The average molecular weight is 252 g/mol.